The molecular formula is C19H32N2. The van der Waals surface area contributed by atoms with Crippen LogP contribution in [-0.2, 0) is 0 Å². The Hall–Kier alpha value is -0.860. The monoisotopic (exact) mass is 288 g/mol. The topological polar surface area (TPSA) is 15.3 Å². The lowest BCUT2D eigenvalue weighted by molar-refractivity contribution is 0.249. The van der Waals surface area contributed by atoms with Gasteiger partial charge in [-0.3, -0.25) is 0 Å². The molecule has 2 unspecified atom stereocenters. The Labute approximate surface area is 130 Å². The molecule has 118 valence electrons. The summed E-state index contributed by atoms with van der Waals surface area (Å²) < 4.78 is 0. The van der Waals surface area contributed by atoms with Gasteiger partial charge in [-0.2, -0.15) is 0 Å². The van der Waals surface area contributed by atoms with Gasteiger partial charge in [0.25, 0.3) is 0 Å². The lowest BCUT2D eigenvalue weighted by atomic mass is 9.98. The number of hydrogen-bond acceptors (Lipinski definition) is 2. The van der Waals surface area contributed by atoms with Crippen molar-refractivity contribution in [2.45, 2.75) is 53.0 Å². The van der Waals surface area contributed by atoms with Crippen molar-refractivity contribution in [3.05, 3.63) is 34.9 Å². The third-order valence-electron chi connectivity index (χ3n) is 4.80. The van der Waals surface area contributed by atoms with Crippen molar-refractivity contribution < 1.29 is 0 Å². The molecule has 0 aromatic heterocycles. The van der Waals surface area contributed by atoms with Crippen molar-refractivity contribution in [3.8, 4) is 0 Å². The van der Waals surface area contributed by atoms with Crippen LogP contribution in [-0.4, -0.2) is 31.1 Å². The van der Waals surface area contributed by atoms with Gasteiger partial charge in [0.05, 0.1) is 0 Å². The molecule has 0 bridgehead atoms. The quantitative estimate of drug-likeness (QED) is 0.878. The minimum absolute atomic E-state index is 0.462. The number of hydrogen-bond donors (Lipinski definition) is 1. The van der Waals surface area contributed by atoms with Crippen LogP contribution < -0.4 is 5.32 Å². The predicted molar refractivity (Wildman–Crippen MR) is 91.8 cm³/mol. The molecule has 1 heterocycles. The molecule has 0 aliphatic carbocycles. The van der Waals surface area contributed by atoms with E-state index in [1.54, 1.807) is 0 Å². The molecule has 1 aliphatic rings. The van der Waals surface area contributed by atoms with Gasteiger partial charge >= 0.3 is 0 Å². The van der Waals surface area contributed by atoms with Crippen molar-refractivity contribution in [1.82, 2.24) is 10.2 Å². The van der Waals surface area contributed by atoms with Crippen molar-refractivity contribution in [2.24, 2.45) is 5.92 Å². The third kappa shape index (κ3) is 4.82. The smallest absolute Gasteiger partial charge is 0.0451 e. The summed E-state index contributed by atoms with van der Waals surface area (Å²) in [5.74, 6) is 0.897. The Bertz CT molecular complexity index is 441. The second-order valence-electron chi connectivity index (χ2n) is 6.81. The summed E-state index contributed by atoms with van der Waals surface area (Å²) in [6.45, 7) is 13.7. The maximum Gasteiger partial charge on any atom is 0.0451 e. The fourth-order valence-electron chi connectivity index (χ4n) is 3.50. The lowest BCUT2D eigenvalue weighted by Crippen LogP contribution is -2.36. The molecule has 0 radical (unpaired) electrons. The number of likely N-dealkylation sites (tertiary alicyclic amines) is 1. The van der Waals surface area contributed by atoms with Crippen LogP contribution in [0.2, 0.25) is 0 Å². The van der Waals surface area contributed by atoms with Gasteiger partial charge in [0.1, 0.15) is 0 Å². The SMILES string of the molecule is CCNC(CN1CCCC(C)CC1)c1ccc(C)cc1C. The second kappa shape index (κ2) is 7.95. The van der Waals surface area contributed by atoms with Gasteiger partial charge in [0, 0.05) is 12.6 Å². The summed E-state index contributed by atoms with van der Waals surface area (Å²) in [5.41, 5.74) is 4.25. The number of nitrogens with zero attached hydrogens (tertiary/aromatic N) is 1. The van der Waals surface area contributed by atoms with Crippen LogP contribution in [0, 0.1) is 19.8 Å². The van der Waals surface area contributed by atoms with E-state index in [9.17, 15) is 0 Å². The van der Waals surface area contributed by atoms with Crippen LogP contribution in [0.25, 0.3) is 0 Å². The van der Waals surface area contributed by atoms with E-state index in [1.807, 2.05) is 0 Å². The molecule has 2 nitrogen and oxygen atoms in total. The Balaban J connectivity index is 2.07. The van der Waals surface area contributed by atoms with Crippen LogP contribution in [0.4, 0.5) is 0 Å². The molecule has 1 saturated heterocycles. The zero-order valence-corrected chi connectivity index (χ0v) is 14.3. The molecule has 1 aliphatic heterocycles. The van der Waals surface area contributed by atoms with Gasteiger partial charge in [-0.05, 0) is 69.8 Å². The van der Waals surface area contributed by atoms with Crippen molar-refractivity contribution >= 4 is 0 Å². The molecule has 0 saturated carbocycles. The van der Waals surface area contributed by atoms with Crippen LogP contribution in [0.15, 0.2) is 18.2 Å². The molecule has 21 heavy (non-hydrogen) atoms. The average Bonchev–Trinajstić information content (AvgIpc) is 2.63. The molecule has 1 aromatic rings. The number of aryl methyl sites for hydroxylation is 2. The van der Waals surface area contributed by atoms with E-state index in [0.717, 1.165) is 19.0 Å². The van der Waals surface area contributed by atoms with Crippen LogP contribution in [0.1, 0.15) is 55.8 Å². The van der Waals surface area contributed by atoms with E-state index in [1.165, 1.54) is 49.0 Å². The number of rotatable bonds is 5. The zero-order valence-electron chi connectivity index (χ0n) is 14.3. The van der Waals surface area contributed by atoms with E-state index in [4.69, 9.17) is 0 Å². The number of likely N-dealkylation sites (N-methyl/N-ethyl adjacent to an activating group) is 1. The van der Waals surface area contributed by atoms with Crippen LogP contribution in [0.5, 0.6) is 0 Å². The van der Waals surface area contributed by atoms with E-state index in [-0.39, 0.29) is 0 Å². The normalized spacial score (nSPS) is 22.0. The van der Waals surface area contributed by atoms with Gasteiger partial charge in [-0.25, -0.2) is 0 Å². The van der Waals surface area contributed by atoms with Gasteiger partial charge in [-0.15, -0.1) is 0 Å². The predicted octanol–water partition coefficient (Wildman–Crippen LogP) is 4.08. The molecule has 1 N–H and O–H groups in total. The summed E-state index contributed by atoms with van der Waals surface area (Å²) >= 11 is 0. The Kier molecular flexibility index (Phi) is 6.25. The molecule has 2 heteroatoms. The Morgan fingerprint density at radius 1 is 1.24 bits per heavy atom. The summed E-state index contributed by atoms with van der Waals surface area (Å²) in [6, 6.07) is 7.34. The molecular weight excluding hydrogens is 256 g/mol. The first-order valence-corrected chi connectivity index (χ1v) is 8.63. The molecule has 1 fully saturated rings. The van der Waals surface area contributed by atoms with Gasteiger partial charge < -0.3 is 10.2 Å². The average molecular weight is 288 g/mol. The van der Waals surface area contributed by atoms with Crippen LogP contribution >= 0.6 is 0 Å². The molecule has 2 rings (SSSR count). The highest BCUT2D eigenvalue weighted by Crippen LogP contribution is 2.23. The number of benzene rings is 1. The van der Waals surface area contributed by atoms with Gasteiger partial charge in [0.2, 0.25) is 0 Å². The minimum atomic E-state index is 0.462. The highest BCUT2D eigenvalue weighted by atomic mass is 15.1. The van der Waals surface area contributed by atoms with Gasteiger partial charge in [0.15, 0.2) is 0 Å². The summed E-state index contributed by atoms with van der Waals surface area (Å²) in [6.07, 6.45) is 4.10. The van der Waals surface area contributed by atoms with E-state index in [0.29, 0.717) is 6.04 Å². The van der Waals surface area contributed by atoms with E-state index >= 15 is 0 Å². The minimum Gasteiger partial charge on any atom is -0.309 e. The maximum atomic E-state index is 3.70. The molecule has 1 aromatic carbocycles. The highest BCUT2D eigenvalue weighted by Gasteiger charge is 2.19. The third-order valence-corrected chi connectivity index (χ3v) is 4.80. The van der Waals surface area contributed by atoms with Gasteiger partial charge in [-0.1, -0.05) is 37.6 Å². The first-order valence-electron chi connectivity index (χ1n) is 8.63. The van der Waals surface area contributed by atoms with Crippen molar-refractivity contribution in [1.29, 1.82) is 0 Å². The highest BCUT2D eigenvalue weighted by molar-refractivity contribution is 5.33. The fraction of sp³-hybridized carbons (Fsp3) is 0.684. The second-order valence-corrected chi connectivity index (χ2v) is 6.81. The molecule has 2 atom stereocenters. The van der Waals surface area contributed by atoms with E-state index in [2.05, 4.69) is 56.1 Å². The van der Waals surface area contributed by atoms with Crippen LogP contribution in [0.3, 0.4) is 0 Å². The zero-order chi connectivity index (χ0) is 15.2. The van der Waals surface area contributed by atoms with Crippen molar-refractivity contribution in [2.75, 3.05) is 26.2 Å². The Morgan fingerprint density at radius 3 is 2.76 bits per heavy atom. The number of nitrogens with one attached hydrogen (secondary N) is 1. The standard InChI is InChI=1S/C19H32N2/c1-5-20-19(18-9-8-16(3)13-17(18)4)14-21-11-6-7-15(2)10-12-21/h8-9,13,15,19-20H,5-7,10-12,14H2,1-4H3. The lowest BCUT2D eigenvalue weighted by Gasteiger charge is -2.28. The fourth-order valence-corrected chi connectivity index (χ4v) is 3.50. The summed E-state index contributed by atoms with van der Waals surface area (Å²) in [7, 11) is 0. The van der Waals surface area contributed by atoms with Crippen molar-refractivity contribution in [3.63, 3.8) is 0 Å². The maximum absolute atomic E-state index is 3.70. The first kappa shape index (κ1) is 16.5. The summed E-state index contributed by atoms with van der Waals surface area (Å²) in [5, 5.41) is 3.70. The first-order chi connectivity index (χ1) is 10.1. The molecule has 0 spiro atoms. The molecule has 0 amide bonds. The van der Waals surface area contributed by atoms with E-state index < -0.39 is 0 Å². The summed E-state index contributed by atoms with van der Waals surface area (Å²) in [4.78, 5) is 2.66. The largest absolute Gasteiger partial charge is 0.309 e. The Morgan fingerprint density at radius 2 is 2.05 bits per heavy atom.